The van der Waals surface area contributed by atoms with E-state index in [0.29, 0.717) is 18.7 Å². The Hall–Kier alpha value is -2.50. The van der Waals surface area contributed by atoms with Crippen LogP contribution in [0, 0.1) is 12.7 Å². The molecular weight excluding hydrogens is 297 g/mol. The SMILES string of the molecule is Cc1ccc(C(=O)N2CCCC(Oc3ncc(F)cn3)C2)cc1. The molecule has 0 radical (unpaired) electrons. The predicted molar refractivity (Wildman–Crippen MR) is 82.7 cm³/mol. The number of halogens is 1. The van der Waals surface area contributed by atoms with Gasteiger partial charge in [-0.05, 0) is 31.9 Å². The summed E-state index contributed by atoms with van der Waals surface area (Å²) in [6.45, 7) is 3.17. The number of benzene rings is 1. The normalized spacial score (nSPS) is 17.8. The molecule has 1 saturated heterocycles. The van der Waals surface area contributed by atoms with Crippen molar-refractivity contribution in [2.75, 3.05) is 13.1 Å². The molecule has 1 amide bonds. The first-order valence-electron chi connectivity index (χ1n) is 7.62. The summed E-state index contributed by atoms with van der Waals surface area (Å²) in [6, 6.07) is 7.67. The molecule has 0 spiro atoms. The second-order valence-corrected chi connectivity index (χ2v) is 5.68. The van der Waals surface area contributed by atoms with Crippen LogP contribution in [0.1, 0.15) is 28.8 Å². The average Bonchev–Trinajstić information content (AvgIpc) is 2.57. The van der Waals surface area contributed by atoms with Crippen molar-refractivity contribution < 1.29 is 13.9 Å². The zero-order valence-electron chi connectivity index (χ0n) is 12.9. The number of aromatic nitrogens is 2. The minimum absolute atomic E-state index is 0.00155. The van der Waals surface area contributed by atoms with Gasteiger partial charge in [-0.25, -0.2) is 14.4 Å². The molecule has 1 aromatic carbocycles. The highest BCUT2D eigenvalue weighted by Gasteiger charge is 2.26. The van der Waals surface area contributed by atoms with Gasteiger partial charge in [0.2, 0.25) is 0 Å². The molecular formula is C17H18FN3O2. The van der Waals surface area contributed by atoms with Crippen LogP contribution in [-0.2, 0) is 0 Å². The average molecular weight is 315 g/mol. The van der Waals surface area contributed by atoms with Crippen LogP contribution in [0.15, 0.2) is 36.7 Å². The lowest BCUT2D eigenvalue weighted by Gasteiger charge is -2.32. The summed E-state index contributed by atoms with van der Waals surface area (Å²) >= 11 is 0. The van der Waals surface area contributed by atoms with E-state index in [1.807, 2.05) is 31.2 Å². The molecule has 2 heterocycles. The zero-order valence-corrected chi connectivity index (χ0v) is 12.9. The maximum Gasteiger partial charge on any atom is 0.316 e. The number of ether oxygens (including phenoxy) is 1. The third kappa shape index (κ3) is 3.83. The van der Waals surface area contributed by atoms with Gasteiger partial charge in [-0.15, -0.1) is 0 Å². The first-order chi connectivity index (χ1) is 11.1. The molecule has 1 unspecified atom stereocenters. The van der Waals surface area contributed by atoms with E-state index in [1.54, 1.807) is 4.90 Å². The fraction of sp³-hybridized carbons (Fsp3) is 0.353. The third-order valence-electron chi connectivity index (χ3n) is 3.83. The number of nitrogens with zero attached hydrogens (tertiary/aromatic N) is 3. The van der Waals surface area contributed by atoms with Gasteiger partial charge >= 0.3 is 6.01 Å². The van der Waals surface area contributed by atoms with Gasteiger partial charge in [0, 0.05) is 12.1 Å². The van der Waals surface area contributed by atoms with Gasteiger partial charge in [-0.2, -0.15) is 0 Å². The number of aryl methyl sites for hydroxylation is 1. The minimum atomic E-state index is -0.503. The van der Waals surface area contributed by atoms with Gasteiger partial charge in [0.05, 0.1) is 18.9 Å². The Morgan fingerprint density at radius 3 is 2.65 bits per heavy atom. The van der Waals surface area contributed by atoms with Crippen LogP contribution >= 0.6 is 0 Å². The van der Waals surface area contributed by atoms with E-state index in [1.165, 1.54) is 0 Å². The van der Waals surface area contributed by atoms with Gasteiger partial charge in [0.25, 0.3) is 5.91 Å². The number of likely N-dealkylation sites (tertiary alicyclic amines) is 1. The molecule has 1 fully saturated rings. The molecule has 0 N–H and O–H groups in total. The fourth-order valence-electron chi connectivity index (χ4n) is 2.61. The second-order valence-electron chi connectivity index (χ2n) is 5.68. The van der Waals surface area contributed by atoms with E-state index in [0.717, 1.165) is 30.8 Å². The molecule has 2 aromatic rings. The van der Waals surface area contributed by atoms with Crippen LogP contribution in [0.4, 0.5) is 4.39 Å². The first-order valence-corrected chi connectivity index (χ1v) is 7.62. The Kier molecular flexibility index (Phi) is 4.50. The predicted octanol–water partition coefficient (Wildman–Crippen LogP) is 2.61. The van der Waals surface area contributed by atoms with Crippen LogP contribution in [0.5, 0.6) is 6.01 Å². The summed E-state index contributed by atoms with van der Waals surface area (Å²) in [5, 5.41) is 0. The summed E-state index contributed by atoms with van der Waals surface area (Å²) in [5.41, 5.74) is 1.80. The number of rotatable bonds is 3. The standard InChI is InChI=1S/C17H18FN3O2/c1-12-4-6-13(7-5-12)16(22)21-8-2-3-15(11-21)23-17-19-9-14(18)10-20-17/h4-7,9-10,15H,2-3,8,11H2,1H3. The van der Waals surface area contributed by atoms with E-state index < -0.39 is 5.82 Å². The lowest BCUT2D eigenvalue weighted by atomic mass is 10.1. The maximum absolute atomic E-state index is 12.8. The van der Waals surface area contributed by atoms with Crippen molar-refractivity contribution >= 4 is 5.91 Å². The Balaban J connectivity index is 1.64. The van der Waals surface area contributed by atoms with Crippen LogP contribution in [0.3, 0.4) is 0 Å². The van der Waals surface area contributed by atoms with E-state index in [-0.39, 0.29) is 18.0 Å². The van der Waals surface area contributed by atoms with E-state index in [2.05, 4.69) is 9.97 Å². The molecule has 5 nitrogen and oxygen atoms in total. The van der Waals surface area contributed by atoms with Crippen LogP contribution < -0.4 is 4.74 Å². The number of piperidine rings is 1. The molecule has 0 bridgehead atoms. The lowest BCUT2D eigenvalue weighted by molar-refractivity contribution is 0.0515. The van der Waals surface area contributed by atoms with Gasteiger partial charge in [-0.1, -0.05) is 17.7 Å². The number of carbonyl (C=O) groups is 1. The summed E-state index contributed by atoms with van der Waals surface area (Å²) in [4.78, 5) is 21.9. The quantitative estimate of drug-likeness (QED) is 0.873. The van der Waals surface area contributed by atoms with Crippen molar-refractivity contribution in [3.63, 3.8) is 0 Å². The van der Waals surface area contributed by atoms with Crippen molar-refractivity contribution in [3.8, 4) is 6.01 Å². The van der Waals surface area contributed by atoms with Crippen molar-refractivity contribution in [2.24, 2.45) is 0 Å². The van der Waals surface area contributed by atoms with Crippen LogP contribution in [0.25, 0.3) is 0 Å². The lowest BCUT2D eigenvalue weighted by Crippen LogP contribution is -2.44. The van der Waals surface area contributed by atoms with E-state index in [9.17, 15) is 9.18 Å². The largest absolute Gasteiger partial charge is 0.458 e. The van der Waals surface area contributed by atoms with Crippen LogP contribution in [-0.4, -0.2) is 40.0 Å². The fourth-order valence-corrected chi connectivity index (χ4v) is 2.61. The van der Waals surface area contributed by atoms with Crippen molar-refractivity contribution in [3.05, 3.63) is 53.6 Å². The molecule has 120 valence electrons. The Morgan fingerprint density at radius 2 is 1.96 bits per heavy atom. The first kappa shape index (κ1) is 15.4. The zero-order chi connectivity index (χ0) is 16.2. The van der Waals surface area contributed by atoms with Crippen molar-refractivity contribution in [2.45, 2.75) is 25.9 Å². The van der Waals surface area contributed by atoms with E-state index >= 15 is 0 Å². The summed E-state index contributed by atoms with van der Waals surface area (Å²) in [5.74, 6) is -0.504. The Morgan fingerprint density at radius 1 is 1.26 bits per heavy atom. The minimum Gasteiger partial charge on any atom is -0.458 e. The number of hydrogen-bond acceptors (Lipinski definition) is 4. The van der Waals surface area contributed by atoms with Gasteiger partial charge in [-0.3, -0.25) is 4.79 Å². The highest BCUT2D eigenvalue weighted by molar-refractivity contribution is 5.94. The molecule has 1 atom stereocenters. The Bertz CT molecular complexity index is 673. The summed E-state index contributed by atoms with van der Waals surface area (Å²) in [7, 11) is 0. The molecule has 0 aliphatic carbocycles. The molecule has 3 rings (SSSR count). The highest BCUT2D eigenvalue weighted by Crippen LogP contribution is 2.17. The topological polar surface area (TPSA) is 55.3 Å². The smallest absolute Gasteiger partial charge is 0.316 e. The molecule has 0 saturated carbocycles. The monoisotopic (exact) mass is 315 g/mol. The third-order valence-corrected chi connectivity index (χ3v) is 3.83. The molecule has 23 heavy (non-hydrogen) atoms. The number of carbonyl (C=O) groups excluding carboxylic acids is 1. The highest BCUT2D eigenvalue weighted by atomic mass is 19.1. The van der Waals surface area contributed by atoms with E-state index in [4.69, 9.17) is 4.74 Å². The summed E-state index contributed by atoms with van der Waals surface area (Å²) < 4.78 is 18.5. The van der Waals surface area contributed by atoms with Crippen molar-refractivity contribution in [1.29, 1.82) is 0 Å². The van der Waals surface area contributed by atoms with Gasteiger partial charge in [0.1, 0.15) is 6.10 Å². The number of hydrogen-bond donors (Lipinski definition) is 0. The van der Waals surface area contributed by atoms with Crippen molar-refractivity contribution in [1.82, 2.24) is 14.9 Å². The summed E-state index contributed by atoms with van der Waals surface area (Å²) in [6.07, 6.45) is 3.63. The molecule has 1 aliphatic rings. The molecule has 6 heteroatoms. The molecule has 1 aliphatic heterocycles. The Labute approximate surface area is 134 Å². The van der Waals surface area contributed by atoms with Crippen LogP contribution in [0.2, 0.25) is 0 Å². The number of amides is 1. The maximum atomic E-state index is 12.8. The van der Waals surface area contributed by atoms with Gasteiger partial charge < -0.3 is 9.64 Å². The molecule has 1 aromatic heterocycles. The second kappa shape index (κ2) is 6.73. The van der Waals surface area contributed by atoms with Gasteiger partial charge in [0.15, 0.2) is 5.82 Å².